The van der Waals surface area contributed by atoms with Gasteiger partial charge in [-0.05, 0) is 37.3 Å². The maximum atomic E-state index is 12.3. The standard InChI is InChI=1S/C16H16Cl2N2O2S/c1-3-16(19-12-6-9-14(17)15(18)10-12)20-23(21,22)13-7-4-11(2)5-8-13/h4-10H,3H2,1-2H3,(H,19,20). The minimum absolute atomic E-state index is 0.157. The van der Waals surface area contributed by atoms with Gasteiger partial charge in [0.25, 0.3) is 10.0 Å². The van der Waals surface area contributed by atoms with Crippen molar-refractivity contribution in [2.75, 3.05) is 5.32 Å². The van der Waals surface area contributed by atoms with Crippen LogP contribution in [-0.4, -0.2) is 14.3 Å². The van der Waals surface area contributed by atoms with Gasteiger partial charge in [0.2, 0.25) is 0 Å². The topological polar surface area (TPSA) is 58.5 Å². The Morgan fingerprint density at radius 2 is 1.74 bits per heavy atom. The van der Waals surface area contributed by atoms with Crippen LogP contribution in [0.1, 0.15) is 18.9 Å². The smallest absolute Gasteiger partial charge is 0.283 e. The summed E-state index contributed by atoms with van der Waals surface area (Å²) in [7, 11) is -3.76. The van der Waals surface area contributed by atoms with Crippen LogP contribution in [0, 0.1) is 6.92 Å². The molecular weight excluding hydrogens is 355 g/mol. The van der Waals surface area contributed by atoms with Crippen molar-refractivity contribution in [1.29, 1.82) is 0 Å². The minimum Gasteiger partial charge on any atom is -0.343 e. The van der Waals surface area contributed by atoms with Gasteiger partial charge in [-0.1, -0.05) is 47.8 Å². The number of halogens is 2. The molecule has 23 heavy (non-hydrogen) atoms. The third-order valence-corrected chi connectivity index (χ3v) is 5.16. The summed E-state index contributed by atoms with van der Waals surface area (Å²) in [6, 6.07) is 11.5. The minimum atomic E-state index is -3.76. The quantitative estimate of drug-likeness (QED) is 0.614. The van der Waals surface area contributed by atoms with Gasteiger partial charge in [0.05, 0.1) is 14.9 Å². The van der Waals surface area contributed by atoms with Crippen molar-refractivity contribution >= 4 is 44.7 Å². The van der Waals surface area contributed by atoms with E-state index in [1.165, 1.54) is 0 Å². The van der Waals surface area contributed by atoms with Crippen molar-refractivity contribution in [2.24, 2.45) is 4.40 Å². The number of rotatable bonds is 4. The predicted octanol–water partition coefficient (Wildman–Crippen LogP) is 4.91. The fourth-order valence-corrected chi connectivity index (χ4v) is 3.17. The highest BCUT2D eigenvalue weighted by Gasteiger charge is 2.14. The molecule has 122 valence electrons. The molecule has 0 heterocycles. The lowest BCUT2D eigenvalue weighted by molar-refractivity contribution is 0.598. The van der Waals surface area contributed by atoms with Gasteiger partial charge in [0.1, 0.15) is 5.84 Å². The van der Waals surface area contributed by atoms with Crippen LogP contribution in [0.25, 0.3) is 0 Å². The van der Waals surface area contributed by atoms with E-state index in [2.05, 4.69) is 9.71 Å². The van der Waals surface area contributed by atoms with Crippen LogP contribution >= 0.6 is 23.2 Å². The Balaban J connectivity index is 2.30. The predicted molar refractivity (Wildman–Crippen MR) is 96.2 cm³/mol. The highest BCUT2D eigenvalue weighted by atomic mass is 35.5. The summed E-state index contributed by atoms with van der Waals surface area (Å²) in [5.41, 5.74) is 1.61. The molecule has 0 amide bonds. The first kappa shape index (κ1) is 17.8. The zero-order valence-electron chi connectivity index (χ0n) is 12.7. The maximum Gasteiger partial charge on any atom is 0.283 e. The van der Waals surface area contributed by atoms with E-state index >= 15 is 0 Å². The van der Waals surface area contributed by atoms with E-state index in [-0.39, 0.29) is 4.90 Å². The average Bonchev–Trinajstić information content (AvgIpc) is 2.50. The second-order valence-corrected chi connectivity index (χ2v) is 7.35. The van der Waals surface area contributed by atoms with Gasteiger partial charge in [-0.25, -0.2) is 0 Å². The van der Waals surface area contributed by atoms with Crippen LogP contribution in [0.2, 0.25) is 10.0 Å². The normalized spacial score (nSPS) is 12.3. The Hall–Kier alpha value is -1.56. The molecule has 2 aromatic rings. The van der Waals surface area contributed by atoms with Gasteiger partial charge in [-0.3, -0.25) is 0 Å². The molecule has 0 fully saturated rings. The Bertz CT molecular complexity index is 832. The molecule has 0 spiro atoms. The van der Waals surface area contributed by atoms with Crippen molar-refractivity contribution < 1.29 is 8.42 Å². The lowest BCUT2D eigenvalue weighted by Gasteiger charge is -2.09. The largest absolute Gasteiger partial charge is 0.343 e. The van der Waals surface area contributed by atoms with Crippen LogP contribution in [0.4, 0.5) is 5.69 Å². The lowest BCUT2D eigenvalue weighted by atomic mass is 10.2. The van der Waals surface area contributed by atoms with Gasteiger partial charge >= 0.3 is 0 Å². The van der Waals surface area contributed by atoms with Gasteiger partial charge < -0.3 is 5.32 Å². The number of hydrogen-bond acceptors (Lipinski definition) is 2. The maximum absolute atomic E-state index is 12.3. The molecular formula is C16H16Cl2N2O2S. The molecule has 0 aromatic heterocycles. The molecule has 0 unspecified atom stereocenters. The first-order valence-electron chi connectivity index (χ1n) is 6.94. The van der Waals surface area contributed by atoms with Crippen LogP contribution in [-0.2, 0) is 10.0 Å². The fraction of sp³-hybridized carbons (Fsp3) is 0.188. The summed E-state index contributed by atoms with van der Waals surface area (Å²) in [6.45, 7) is 3.71. The summed E-state index contributed by atoms with van der Waals surface area (Å²) in [5, 5.41) is 3.77. The number of aryl methyl sites for hydroxylation is 1. The van der Waals surface area contributed by atoms with Crippen molar-refractivity contribution in [3.63, 3.8) is 0 Å². The number of nitrogens with one attached hydrogen (secondary N) is 1. The van der Waals surface area contributed by atoms with Crippen LogP contribution < -0.4 is 5.32 Å². The fourth-order valence-electron chi connectivity index (χ4n) is 1.82. The highest BCUT2D eigenvalue weighted by molar-refractivity contribution is 7.90. The second kappa shape index (κ2) is 7.34. The molecule has 7 heteroatoms. The third-order valence-electron chi connectivity index (χ3n) is 3.09. The van der Waals surface area contributed by atoms with Crippen molar-refractivity contribution in [2.45, 2.75) is 25.2 Å². The third kappa shape index (κ3) is 4.70. The molecule has 0 saturated carbocycles. The number of benzene rings is 2. The van der Waals surface area contributed by atoms with Gasteiger partial charge in [-0.2, -0.15) is 8.42 Å². The summed E-state index contributed by atoms with van der Waals surface area (Å²) in [5.74, 6) is 0.323. The van der Waals surface area contributed by atoms with E-state index in [1.807, 2.05) is 13.8 Å². The molecule has 2 aromatic carbocycles. The zero-order chi connectivity index (χ0) is 17.0. The molecule has 1 N–H and O–H groups in total. The molecule has 2 rings (SSSR count). The van der Waals surface area contributed by atoms with E-state index in [1.54, 1.807) is 42.5 Å². The first-order valence-corrected chi connectivity index (χ1v) is 9.14. The van der Waals surface area contributed by atoms with Crippen LogP contribution in [0.3, 0.4) is 0 Å². The molecule has 4 nitrogen and oxygen atoms in total. The second-order valence-electron chi connectivity index (χ2n) is 4.93. The number of nitrogens with zero attached hydrogens (tertiary/aromatic N) is 1. The summed E-state index contributed by atoms with van der Waals surface area (Å²) < 4.78 is 28.6. The van der Waals surface area contributed by atoms with E-state index in [0.717, 1.165) is 5.56 Å². The van der Waals surface area contributed by atoms with Crippen LogP contribution in [0.5, 0.6) is 0 Å². The molecule has 0 aliphatic carbocycles. The number of amidine groups is 1. The van der Waals surface area contributed by atoms with E-state index in [0.29, 0.717) is 28.0 Å². The average molecular weight is 371 g/mol. The number of hydrogen-bond donors (Lipinski definition) is 1. The highest BCUT2D eigenvalue weighted by Crippen LogP contribution is 2.25. The SMILES string of the molecule is CC/C(=N\S(=O)(=O)c1ccc(C)cc1)Nc1ccc(Cl)c(Cl)c1. The van der Waals surface area contributed by atoms with Crippen molar-refractivity contribution in [1.82, 2.24) is 0 Å². The van der Waals surface area contributed by atoms with Crippen molar-refractivity contribution in [3.8, 4) is 0 Å². The van der Waals surface area contributed by atoms with Gasteiger partial charge in [-0.15, -0.1) is 4.40 Å². The summed E-state index contributed by atoms with van der Waals surface area (Å²) in [4.78, 5) is 0.157. The monoisotopic (exact) mass is 370 g/mol. The Morgan fingerprint density at radius 1 is 1.09 bits per heavy atom. The molecule has 0 bridgehead atoms. The first-order chi connectivity index (χ1) is 10.8. The Morgan fingerprint density at radius 3 is 2.30 bits per heavy atom. The zero-order valence-corrected chi connectivity index (χ0v) is 15.0. The number of sulfonamides is 1. The molecule has 0 aliphatic rings. The van der Waals surface area contributed by atoms with Gasteiger partial charge in [0, 0.05) is 12.1 Å². The number of anilines is 1. The summed E-state index contributed by atoms with van der Waals surface area (Å²) in [6.07, 6.45) is 0.422. The molecule has 0 atom stereocenters. The van der Waals surface area contributed by atoms with E-state index < -0.39 is 10.0 Å². The Labute approximate surface area is 146 Å². The van der Waals surface area contributed by atoms with Crippen molar-refractivity contribution in [3.05, 3.63) is 58.1 Å². The Kier molecular flexibility index (Phi) is 5.68. The van der Waals surface area contributed by atoms with Crippen LogP contribution in [0.15, 0.2) is 51.8 Å². The molecule has 0 saturated heterocycles. The molecule has 0 aliphatic heterocycles. The van der Waals surface area contributed by atoms with E-state index in [9.17, 15) is 8.42 Å². The van der Waals surface area contributed by atoms with E-state index in [4.69, 9.17) is 23.2 Å². The lowest BCUT2D eigenvalue weighted by Crippen LogP contribution is -2.13. The molecule has 0 radical (unpaired) electrons. The van der Waals surface area contributed by atoms with Gasteiger partial charge in [0.15, 0.2) is 0 Å². The summed E-state index contributed by atoms with van der Waals surface area (Å²) >= 11 is 11.8.